The highest BCUT2D eigenvalue weighted by Crippen LogP contribution is 2.27. The number of nitrogens with zero attached hydrogens (tertiary/aromatic N) is 2. The number of hydrogen-bond acceptors (Lipinski definition) is 4. The van der Waals surface area contributed by atoms with Gasteiger partial charge >= 0.3 is 0 Å². The number of likely N-dealkylation sites (N-methyl/N-ethyl adjacent to an activating group) is 1. The summed E-state index contributed by atoms with van der Waals surface area (Å²) < 4.78 is 0. The molecular formula is C18H22N2OS2. The van der Waals surface area contributed by atoms with Gasteiger partial charge in [-0.1, -0.05) is 24.3 Å². The zero-order chi connectivity index (χ0) is 16.8. The van der Waals surface area contributed by atoms with Crippen molar-refractivity contribution in [2.24, 2.45) is 0 Å². The summed E-state index contributed by atoms with van der Waals surface area (Å²) in [5.41, 5.74) is 2.81. The molecule has 2 rings (SSSR count). The van der Waals surface area contributed by atoms with E-state index in [4.69, 9.17) is 0 Å². The predicted octanol–water partition coefficient (Wildman–Crippen LogP) is 4.78. The average Bonchev–Trinajstić information content (AvgIpc) is 2.95. The van der Waals surface area contributed by atoms with Crippen molar-refractivity contribution >= 4 is 29.0 Å². The van der Waals surface area contributed by atoms with Crippen LogP contribution < -0.4 is 0 Å². The molecule has 122 valence electrons. The Morgan fingerprint density at radius 3 is 2.74 bits per heavy atom. The molecule has 1 aromatic heterocycles. The first-order valence-corrected chi connectivity index (χ1v) is 9.44. The molecular weight excluding hydrogens is 324 g/mol. The fraction of sp³-hybridized carbons (Fsp3) is 0.333. The second kappa shape index (κ2) is 8.31. The van der Waals surface area contributed by atoms with Crippen LogP contribution in [0.15, 0.2) is 46.7 Å². The predicted molar refractivity (Wildman–Crippen MR) is 99.2 cm³/mol. The number of carbonyl (C=O) groups excluding carboxylic acids is 1. The third kappa shape index (κ3) is 4.94. The van der Waals surface area contributed by atoms with E-state index in [1.165, 1.54) is 0 Å². The summed E-state index contributed by atoms with van der Waals surface area (Å²) in [7, 11) is 0. The quantitative estimate of drug-likeness (QED) is 0.534. The van der Waals surface area contributed by atoms with Gasteiger partial charge < -0.3 is 4.90 Å². The molecule has 1 heterocycles. The smallest absolute Gasteiger partial charge is 0.255 e. The summed E-state index contributed by atoms with van der Waals surface area (Å²) in [4.78, 5) is 20.1. The van der Waals surface area contributed by atoms with Gasteiger partial charge in [0.15, 0.2) is 0 Å². The minimum atomic E-state index is 0.0630. The van der Waals surface area contributed by atoms with Crippen LogP contribution in [0.3, 0.4) is 0 Å². The monoisotopic (exact) mass is 346 g/mol. The van der Waals surface area contributed by atoms with E-state index in [1.54, 1.807) is 23.1 Å². The molecule has 3 nitrogen and oxygen atoms in total. The van der Waals surface area contributed by atoms with Gasteiger partial charge in [-0.3, -0.25) is 4.79 Å². The molecule has 23 heavy (non-hydrogen) atoms. The largest absolute Gasteiger partial charge is 0.335 e. The summed E-state index contributed by atoms with van der Waals surface area (Å²) in [6.45, 7) is 11.1. The lowest BCUT2D eigenvalue weighted by Gasteiger charge is -2.22. The number of benzene rings is 1. The van der Waals surface area contributed by atoms with Gasteiger partial charge in [0.05, 0.1) is 16.3 Å². The second-order valence-electron chi connectivity index (χ2n) is 5.42. The number of thioether (sulfide) groups is 1. The van der Waals surface area contributed by atoms with Crippen molar-refractivity contribution in [1.29, 1.82) is 0 Å². The maximum absolute atomic E-state index is 12.8. The van der Waals surface area contributed by atoms with Crippen LogP contribution in [-0.4, -0.2) is 28.9 Å². The molecule has 0 fully saturated rings. The average molecular weight is 347 g/mol. The van der Waals surface area contributed by atoms with E-state index in [2.05, 4.69) is 16.9 Å². The lowest BCUT2D eigenvalue weighted by Crippen LogP contribution is -2.32. The molecule has 0 saturated carbocycles. The SMILES string of the molecule is C=C(C)CN(CC)C(=O)c1ccccc1SCc1csc(C)n1. The first-order valence-electron chi connectivity index (χ1n) is 7.57. The van der Waals surface area contributed by atoms with Crippen LogP contribution in [0.2, 0.25) is 0 Å². The Hall–Kier alpha value is -1.59. The van der Waals surface area contributed by atoms with Gasteiger partial charge in [-0.25, -0.2) is 4.98 Å². The maximum Gasteiger partial charge on any atom is 0.255 e. The molecule has 2 aromatic rings. The number of rotatable bonds is 7. The topological polar surface area (TPSA) is 33.2 Å². The van der Waals surface area contributed by atoms with Crippen molar-refractivity contribution in [1.82, 2.24) is 9.88 Å². The Morgan fingerprint density at radius 2 is 2.13 bits per heavy atom. The van der Waals surface area contributed by atoms with Crippen molar-refractivity contribution in [2.75, 3.05) is 13.1 Å². The Bertz CT molecular complexity index is 694. The number of thiazole rings is 1. The molecule has 0 bridgehead atoms. The van der Waals surface area contributed by atoms with Gasteiger partial charge in [-0.05, 0) is 32.9 Å². The van der Waals surface area contributed by atoms with Gasteiger partial charge in [0.2, 0.25) is 0 Å². The van der Waals surface area contributed by atoms with Crippen LogP contribution in [0.25, 0.3) is 0 Å². The van der Waals surface area contributed by atoms with Gasteiger partial charge in [0.1, 0.15) is 0 Å². The number of aromatic nitrogens is 1. The molecule has 0 atom stereocenters. The lowest BCUT2D eigenvalue weighted by molar-refractivity contribution is 0.0775. The van der Waals surface area contributed by atoms with E-state index in [1.807, 2.05) is 49.9 Å². The third-order valence-corrected chi connectivity index (χ3v) is 5.22. The molecule has 0 aliphatic carbocycles. The first kappa shape index (κ1) is 17.8. The number of amides is 1. The molecule has 0 aliphatic rings. The molecule has 0 spiro atoms. The zero-order valence-electron chi connectivity index (χ0n) is 13.8. The Balaban J connectivity index is 2.15. The molecule has 0 saturated heterocycles. The number of carbonyl (C=O) groups is 1. The van der Waals surface area contributed by atoms with Crippen LogP contribution in [0.5, 0.6) is 0 Å². The molecule has 0 radical (unpaired) electrons. The third-order valence-electron chi connectivity index (χ3n) is 3.29. The number of hydrogen-bond donors (Lipinski definition) is 0. The van der Waals surface area contributed by atoms with E-state index >= 15 is 0 Å². The summed E-state index contributed by atoms with van der Waals surface area (Å²) in [6, 6.07) is 7.79. The zero-order valence-corrected chi connectivity index (χ0v) is 15.5. The Labute approximate surface area is 146 Å². The normalized spacial score (nSPS) is 10.6. The van der Waals surface area contributed by atoms with Gasteiger partial charge in [-0.15, -0.1) is 23.1 Å². The van der Waals surface area contributed by atoms with Gasteiger partial charge in [0, 0.05) is 29.1 Å². The van der Waals surface area contributed by atoms with Crippen LogP contribution in [0.1, 0.15) is 34.9 Å². The van der Waals surface area contributed by atoms with Crippen LogP contribution in [-0.2, 0) is 5.75 Å². The molecule has 5 heteroatoms. The highest BCUT2D eigenvalue weighted by Gasteiger charge is 2.17. The highest BCUT2D eigenvalue weighted by atomic mass is 32.2. The van der Waals surface area contributed by atoms with E-state index in [0.29, 0.717) is 13.1 Å². The minimum absolute atomic E-state index is 0.0630. The molecule has 1 amide bonds. The first-order chi connectivity index (χ1) is 11.0. The van der Waals surface area contributed by atoms with E-state index in [-0.39, 0.29) is 5.91 Å². The fourth-order valence-electron chi connectivity index (χ4n) is 2.22. The van der Waals surface area contributed by atoms with Crippen molar-refractivity contribution in [2.45, 2.75) is 31.4 Å². The molecule has 0 N–H and O–H groups in total. The maximum atomic E-state index is 12.8. The second-order valence-corrected chi connectivity index (χ2v) is 7.50. The number of aryl methyl sites for hydroxylation is 1. The summed E-state index contributed by atoms with van der Waals surface area (Å²) in [6.07, 6.45) is 0. The fourth-order valence-corrected chi connectivity index (χ4v) is 3.87. The highest BCUT2D eigenvalue weighted by molar-refractivity contribution is 7.98. The van der Waals surface area contributed by atoms with Crippen molar-refractivity contribution < 1.29 is 4.79 Å². The Kier molecular flexibility index (Phi) is 6.42. The molecule has 1 aromatic carbocycles. The van der Waals surface area contributed by atoms with Crippen molar-refractivity contribution in [3.05, 3.63) is 58.1 Å². The van der Waals surface area contributed by atoms with Gasteiger partial charge in [-0.2, -0.15) is 0 Å². The van der Waals surface area contributed by atoms with Gasteiger partial charge in [0.25, 0.3) is 5.91 Å². The molecule has 0 unspecified atom stereocenters. The molecule has 0 aliphatic heterocycles. The summed E-state index contributed by atoms with van der Waals surface area (Å²) in [5, 5.41) is 3.15. The Morgan fingerprint density at radius 1 is 1.39 bits per heavy atom. The van der Waals surface area contributed by atoms with Crippen molar-refractivity contribution in [3.8, 4) is 0 Å². The lowest BCUT2D eigenvalue weighted by atomic mass is 10.2. The summed E-state index contributed by atoms with van der Waals surface area (Å²) >= 11 is 3.32. The van der Waals surface area contributed by atoms with E-state index in [9.17, 15) is 4.79 Å². The van der Waals surface area contributed by atoms with Crippen LogP contribution in [0.4, 0.5) is 0 Å². The van der Waals surface area contributed by atoms with E-state index < -0.39 is 0 Å². The summed E-state index contributed by atoms with van der Waals surface area (Å²) in [5.74, 6) is 0.842. The van der Waals surface area contributed by atoms with E-state index in [0.717, 1.165) is 32.5 Å². The van der Waals surface area contributed by atoms with Crippen molar-refractivity contribution in [3.63, 3.8) is 0 Å². The van der Waals surface area contributed by atoms with Crippen LogP contribution in [0, 0.1) is 6.92 Å². The standard InChI is InChI=1S/C18H22N2OS2/c1-5-20(10-13(2)3)18(21)16-8-6-7-9-17(16)23-12-15-11-22-14(4)19-15/h6-9,11H,2,5,10,12H2,1,3-4H3. The van der Waals surface area contributed by atoms with Crippen LogP contribution >= 0.6 is 23.1 Å². The minimum Gasteiger partial charge on any atom is -0.335 e.